The Morgan fingerprint density at radius 1 is 1.28 bits per heavy atom. The largest absolute Gasteiger partial charge is 0.353 e. The summed E-state index contributed by atoms with van der Waals surface area (Å²) < 4.78 is 0. The van der Waals surface area contributed by atoms with Gasteiger partial charge in [-0.15, -0.1) is 11.8 Å². The molecule has 0 aliphatic heterocycles. The molecule has 1 fully saturated rings. The normalized spacial score (nSPS) is 15.9. The molecule has 1 N–H and O–H groups in total. The van der Waals surface area contributed by atoms with E-state index in [-0.39, 0.29) is 5.91 Å². The summed E-state index contributed by atoms with van der Waals surface area (Å²) in [5, 5.41) is 4.24. The summed E-state index contributed by atoms with van der Waals surface area (Å²) >= 11 is 13.5. The zero-order valence-corrected chi connectivity index (χ0v) is 12.2. The number of hydrogen-bond donors (Lipinski definition) is 1. The van der Waals surface area contributed by atoms with Crippen molar-refractivity contribution < 1.29 is 4.79 Å². The third-order valence-electron chi connectivity index (χ3n) is 2.99. The van der Waals surface area contributed by atoms with E-state index in [1.54, 1.807) is 18.2 Å². The van der Waals surface area contributed by atoms with Crippen molar-refractivity contribution in [1.82, 2.24) is 5.32 Å². The van der Waals surface area contributed by atoms with E-state index in [4.69, 9.17) is 23.2 Å². The molecule has 2 nitrogen and oxygen atoms in total. The van der Waals surface area contributed by atoms with Gasteiger partial charge in [-0.05, 0) is 25.0 Å². The minimum absolute atomic E-state index is 0.0582. The third-order valence-corrected chi connectivity index (χ3v) is 4.98. The van der Waals surface area contributed by atoms with Crippen LogP contribution >= 0.6 is 35.0 Å². The number of nitrogens with one attached hydrogen (secondary N) is 1. The van der Waals surface area contributed by atoms with Crippen LogP contribution in [0.15, 0.2) is 23.1 Å². The van der Waals surface area contributed by atoms with Crippen LogP contribution in [0.1, 0.15) is 25.7 Å². The lowest BCUT2D eigenvalue weighted by molar-refractivity contribution is -0.119. The smallest absolute Gasteiger partial charge is 0.230 e. The highest BCUT2D eigenvalue weighted by atomic mass is 35.5. The molecule has 2 rings (SSSR count). The van der Waals surface area contributed by atoms with E-state index in [9.17, 15) is 4.79 Å². The second-order valence-corrected chi connectivity index (χ2v) is 6.19. The molecule has 1 aliphatic carbocycles. The molecule has 1 amide bonds. The van der Waals surface area contributed by atoms with Gasteiger partial charge >= 0.3 is 0 Å². The number of halogens is 2. The monoisotopic (exact) mass is 303 g/mol. The lowest BCUT2D eigenvalue weighted by atomic mass is 10.2. The Labute approximate surface area is 121 Å². The molecule has 5 heteroatoms. The number of benzene rings is 1. The van der Waals surface area contributed by atoms with Crippen LogP contribution in [0.2, 0.25) is 10.0 Å². The summed E-state index contributed by atoms with van der Waals surface area (Å²) in [6.45, 7) is 0. The fraction of sp³-hybridized carbons (Fsp3) is 0.462. The maximum Gasteiger partial charge on any atom is 0.230 e. The number of carbonyl (C=O) groups excluding carboxylic acids is 1. The molecule has 1 aromatic rings. The van der Waals surface area contributed by atoms with Crippen LogP contribution in [-0.4, -0.2) is 17.7 Å². The van der Waals surface area contributed by atoms with E-state index in [1.807, 2.05) is 0 Å². The van der Waals surface area contributed by atoms with Crippen molar-refractivity contribution in [3.63, 3.8) is 0 Å². The van der Waals surface area contributed by atoms with Crippen LogP contribution in [0, 0.1) is 0 Å². The van der Waals surface area contributed by atoms with Crippen LogP contribution in [0.3, 0.4) is 0 Å². The van der Waals surface area contributed by atoms with Gasteiger partial charge in [0.2, 0.25) is 5.91 Å². The molecule has 0 atom stereocenters. The minimum Gasteiger partial charge on any atom is -0.353 e. The first-order chi connectivity index (χ1) is 8.66. The molecule has 1 saturated carbocycles. The Hall–Kier alpha value is -0.380. The van der Waals surface area contributed by atoms with Crippen molar-refractivity contribution in [1.29, 1.82) is 0 Å². The molecular formula is C13H15Cl2NOS. The van der Waals surface area contributed by atoms with Crippen LogP contribution in [0.25, 0.3) is 0 Å². The predicted molar refractivity (Wildman–Crippen MR) is 77.6 cm³/mol. The first-order valence-corrected chi connectivity index (χ1v) is 7.77. The van der Waals surface area contributed by atoms with Gasteiger partial charge in [0.1, 0.15) is 0 Å². The third kappa shape index (κ3) is 3.81. The van der Waals surface area contributed by atoms with E-state index >= 15 is 0 Å². The van der Waals surface area contributed by atoms with Crippen LogP contribution < -0.4 is 5.32 Å². The molecular weight excluding hydrogens is 289 g/mol. The molecule has 0 bridgehead atoms. The van der Waals surface area contributed by atoms with Gasteiger partial charge in [0.25, 0.3) is 0 Å². The van der Waals surface area contributed by atoms with Crippen molar-refractivity contribution in [2.45, 2.75) is 36.6 Å². The second kappa shape index (κ2) is 6.69. The Morgan fingerprint density at radius 2 is 1.89 bits per heavy atom. The van der Waals surface area contributed by atoms with Crippen molar-refractivity contribution >= 4 is 40.9 Å². The molecule has 0 unspecified atom stereocenters. The van der Waals surface area contributed by atoms with Crippen molar-refractivity contribution in [2.24, 2.45) is 0 Å². The lowest BCUT2D eigenvalue weighted by Gasteiger charge is -2.12. The van der Waals surface area contributed by atoms with E-state index in [0.717, 1.165) is 17.7 Å². The highest BCUT2D eigenvalue weighted by molar-refractivity contribution is 8.00. The summed E-state index contributed by atoms with van der Waals surface area (Å²) in [4.78, 5) is 12.6. The van der Waals surface area contributed by atoms with Crippen molar-refractivity contribution in [3.8, 4) is 0 Å². The zero-order valence-electron chi connectivity index (χ0n) is 9.92. The number of thioether (sulfide) groups is 1. The summed E-state index contributed by atoms with van der Waals surface area (Å²) in [6.07, 6.45) is 4.63. The molecule has 0 heterocycles. The lowest BCUT2D eigenvalue weighted by Crippen LogP contribution is -2.33. The summed E-state index contributed by atoms with van der Waals surface area (Å²) in [6, 6.07) is 5.72. The average molecular weight is 304 g/mol. The number of rotatable bonds is 4. The molecule has 0 saturated heterocycles. The highest BCUT2D eigenvalue weighted by Gasteiger charge is 2.17. The Kier molecular flexibility index (Phi) is 5.22. The first kappa shape index (κ1) is 14.0. The maximum absolute atomic E-state index is 11.8. The Bertz CT molecular complexity index is 413. The quantitative estimate of drug-likeness (QED) is 0.847. The van der Waals surface area contributed by atoms with Gasteiger partial charge in [-0.25, -0.2) is 0 Å². The summed E-state index contributed by atoms with van der Waals surface area (Å²) in [7, 11) is 0. The standard InChI is InChI=1S/C13H15Cl2NOS/c14-10-6-3-7-11(15)13(10)18-8-12(17)16-9-4-1-2-5-9/h3,6-7,9H,1-2,4-5,8H2,(H,16,17). The molecule has 0 radical (unpaired) electrons. The summed E-state index contributed by atoms with van der Waals surface area (Å²) in [5.41, 5.74) is 0. The second-order valence-electron chi connectivity index (χ2n) is 4.39. The SMILES string of the molecule is O=C(CSc1c(Cl)cccc1Cl)NC1CCCC1. The number of hydrogen-bond acceptors (Lipinski definition) is 2. The molecule has 1 aromatic carbocycles. The van der Waals surface area contributed by atoms with Crippen molar-refractivity contribution in [2.75, 3.05) is 5.75 Å². The van der Waals surface area contributed by atoms with Crippen molar-refractivity contribution in [3.05, 3.63) is 28.2 Å². The molecule has 18 heavy (non-hydrogen) atoms. The zero-order chi connectivity index (χ0) is 13.0. The van der Waals surface area contributed by atoms with Gasteiger partial charge < -0.3 is 5.32 Å². The topological polar surface area (TPSA) is 29.1 Å². The summed E-state index contributed by atoms with van der Waals surface area (Å²) in [5.74, 6) is 0.419. The van der Waals surface area contributed by atoms with E-state index in [2.05, 4.69) is 5.32 Å². The molecule has 98 valence electrons. The van der Waals surface area contributed by atoms with Gasteiger partial charge in [0.15, 0.2) is 0 Å². The fourth-order valence-corrected chi connectivity index (χ4v) is 3.59. The van der Waals surface area contributed by atoms with Gasteiger partial charge in [-0.1, -0.05) is 42.1 Å². The van der Waals surface area contributed by atoms with Gasteiger partial charge in [-0.3, -0.25) is 4.79 Å². The Morgan fingerprint density at radius 3 is 2.50 bits per heavy atom. The van der Waals surface area contributed by atoms with Crippen LogP contribution in [0.4, 0.5) is 0 Å². The molecule has 1 aliphatic rings. The average Bonchev–Trinajstić information content (AvgIpc) is 2.81. The predicted octanol–water partition coefficient (Wildman–Crippen LogP) is 4.14. The van der Waals surface area contributed by atoms with E-state index < -0.39 is 0 Å². The van der Waals surface area contributed by atoms with Gasteiger partial charge in [0, 0.05) is 10.9 Å². The van der Waals surface area contributed by atoms with Gasteiger partial charge in [0.05, 0.1) is 15.8 Å². The fourth-order valence-electron chi connectivity index (χ4n) is 2.10. The first-order valence-electron chi connectivity index (χ1n) is 6.03. The number of carbonyl (C=O) groups is 1. The number of amides is 1. The Balaban J connectivity index is 1.85. The highest BCUT2D eigenvalue weighted by Crippen LogP contribution is 2.33. The maximum atomic E-state index is 11.8. The van der Waals surface area contributed by atoms with Crippen LogP contribution in [-0.2, 0) is 4.79 Å². The minimum atomic E-state index is 0.0582. The van der Waals surface area contributed by atoms with E-state index in [1.165, 1.54) is 24.6 Å². The van der Waals surface area contributed by atoms with Crippen LogP contribution in [0.5, 0.6) is 0 Å². The van der Waals surface area contributed by atoms with Gasteiger partial charge in [-0.2, -0.15) is 0 Å². The van der Waals surface area contributed by atoms with E-state index in [0.29, 0.717) is 21.8 Å². The molecule has 0 aromatic heterocycles. The molecule has 0 spiro atoms.